The summed E-state index contributed by atoms with van der Waals surface area (Å²) in [5.74, 6) is 0.843. The number of amides is 2. The second-order valence-corrected chi connectivity index (χ2v) is 6.33. The van der Waals surface area contributed by atoms with Crippen LogP contribution >= 0.6 is 11.8 Å². The van der Waals surface area contributed by atoms with E-state index in [9.17, 15) is 9.59 Å². The highest BCUT2D eigenvalue weighted by molar-refractivity contribution is 7.99. The Morgan fingerprint density at radius 3 is 2.80 bits per heavy atom. The van der Waals surface area contributed by atoms with E-state index in [0.717, 1.165) is 12.2 Å². The molecule has 1 atom stereocenters. The van der Waals surface area contributed by atoms with E-state index in [1.807, 2.05) is 25.1 Å². The lowest BCUT2D eigenvalue weighted by atomic mass is 10.2. The molecule has 0 saturated carbocycles. The lowest BCUT2D eigenvalue weighted by molar-refractivity contribution is -0.127. The molecule has 1 fully saturated rings. The molecule has 0 unspecified atom stereocenters. The van der Waals surface area contributed by atoms with E-state index < -0.39 is 6.09 Å². The van der Waals surface area contributed by atoms with Crippen LogP contribution in [0.5, 0.6) is 0 Å². The Morgan fingerprint density at radius 2 is 2.15 bits per heavy atom. The van der Waals surface area contributed by atoms with Gasteiger partial charge in [0.25, 0.3) is 0 Å². The molecule has 2 amide bonds. The molecule has 0 bridgehead atoms. The number of carbonyl (C=O) groups excluding carboxylic acids is 2. The van der Waals surface area contributed by atoms with Crippen LogP contribution in [0.3, 0.4) is 0 Å². The molecular formula is C15H19NO3S. The van der Waals surface area contributed by atoms with Gasteiger partial charge in [0.15, 0.2) is 0 Å². The minimum Gasteiger partial charge on any atom is -0.447 e. The van der Waals surface area contributed by atoms with Crippen molar-refractivity contribution in [1.29, 1.82) is 0 Å². The van der Waals surface area contributed by atoms with Crippen molar-refractivity contribution in [2.75, 3.05) is 18.9 Å². The number of thioether (sulfide) groups is 1. The number of aryl methyl sites for hydroxylation is 1. The normalized spacial score (nSPS) is 16.1. The molecule has 5 heteroatoms. The van der Waals surface area contributed by atoms with Gasteiger partial charge in [-0.05, 0) is 17.7 Å². The van der Waals surface area contributed by atoms with Gasteiger partial charge in [-0.3, -0.25) is 4.79 Å². The van der Waals surface area contributed by atoms with E-state index in [1.54, 1.807) is 11.8 Å². The van der Waals surface area contributed by atoms with E-state index in [1.165, 1.54) is 10.5 Å². The van der Waals surface area contributed by atoms with E-state index in [4.69, 9.17) is 4.74 Å². The molecule has 20 heavy (non-hydrogen) atoms. The Bertz CT molecular complexity index is 463. The predicted octanol–water partition coefficient (Wildman–Crippen LogP) is 2.72. The first kappa shape index (κ1) is 14.9. The third-order valence-corrected chi connectivity index (χ3v) is 4.34. The Labute approximate surface area is 123 Å². The van der Waals surface area contributed by atoms with Gasteiger partial charge in [0.1, 0.15) is 6.61 Å². The van der Waals surface area contributed by atoms with Crippen molar-refractivity contribution >= 4 is 23.8 Å². The molecule has 1 saturated heterocycles. The van der Waals surface area contributed by atoms with E-state index in [0.29, 0.717) is 19.6 Å². The number of nitrogens with zero attached hydrogens (tertiary/aromatic N) is 1. The number of hydrogen-bond donors (Lipinski definition) is 0. The Morgan fingerprint density at radius 1 is 1.40 bits per heavy atom. The van der Waals surface area contributed by atoms with Gasteiger partial charge in [0.05, 0.1) is 6.54 Å². The van der Waals surface area contributed by atoms with E-state index >= 15 is 0 Å². The monoisotopic (exact) mass is 293 g/mol. The number of rotatable bonds is 6. The smallest absolute Gasteiger partial charge is 0.416 e. The second-order valence-electron chi connectivity index (χ2n) is 4.78. The van der Waals surface area contributed by atoms with Gasteiger partial charge >= 0.3 is 6.09 Å². The second kappa shape index (κ2) is 7.33. The van der Waals surface area contributed by atoms with Crippen molar-refractivity contribution in [3.8, 4) is 0 Å². The summed E-state index contributed by atoms with van der Waals surface area (Å²) in [7, 11) is 0. The zero-order valence-electron chi connectivity index (χ0n) is 11.6. The first-order chi connectivity index (χ1) is 9.66. The van der Waals surface area contributed by atoms with Crippen molar-refractivity contribution in [2.45, 2.75) is 25.0 Å². The van der Waals surface area contributed by atoms with Gasteiger partial charge in [0, 0.05) is 11.7 Å². The van der Waals surface area contributed by atoms with Crippen LogP contribution in [0.4, 0.5) is 4.79 Å². The van der Waals surface area contributed by atoms with Crippen LogP contribution in [0.1, 0.15) is 18.9 Å². The standard InChI is InChI=1S/C15H19NO3S/c1-12(11-14(17)16-8-9-19-15(16)18)20-10-7-13-5-3-2-4-6-13/h2-6,12H,7-11H2,1H3/t12-/m1/s1. The van der Waals surface area contributed by atoms with Gasteiger partial charge in [-0.25, -0.2) is 9.69 Å². The predicted molar refractivity (Wildman–Crippen MR) is 79.7 cm³/mol. The number of benzene rings is 1. The fraction of sp³-hybridized carbons (Fsp3) is 0.467. The van der Waals surface area contributed by atoms with Crippen molar-refractivity contribution in [1.82, 2.24) is 4.90 Å². The molecule has 2 rings (SSSR count). The minimum atomic E-state index is -0.503. The molecule has 1 aliphatic rings. The maximum absolute atomic E-state index is 11.9. The van der Waals surface area contributed by atoms with E-state index in [-0.39, 0.29) is 11.2 Å². The van der Waals surface area contributed by atoms with Crippen LogP contribution in [-0.4, -0.2) is 41.1 Å². The number of cyclic esters (lactones) is 1. The zero-order valence-corrected chi connectivity index (χ0v) is 12.4. The van der Waals surface area contributed by atoms with E-state index in [2.05, 4.69) is 12.1 Å². The van der Waals surface area contributed by atoms with Crippen LogP contribution in [0.15, 0.2) is 30.3 Å². The van der Waals surface area contributed by atoms with Crippen LogP contribution in [0.25, 0.3) is 0 Å². The maximum Gasteiger partial charge on any atom is 0.416 e. The molecule has 0 aliphatic carbocycles. The topological polar surface area (TPSA) is 46.6 Å². The first-order valence-corrected chi connectivity index (χ1v) is 7.84. The van der Waals surface area contributed by atoms with Gasteiger partial charge in [-0.1, -0.05) is 37.3 Å². The Balaban J connectivity index is 1.68. The average Bonchev–Trinajstić information content (AvgIpc) is 2.86. The molecule has 4 nitrogen and oxygen atoms in total. The number of hydrogen-bond acceptors (Lipinski definition) is 4. The highest BCUT2D eigenvalue weighted by atomic mass is 32.2. The fourth-order valence-electron chi connectivity index (χ4n) is 2.06. The van der Waals surface area contributed by atoms with Crippen LogP contribution in [0, 0.1) is 0 Å². The molecule has 0 aromatic heterocycles. The lowest BCUT2D eigenvalue weighted by Crippen LogP contribution is -2.33. The Kier molecular flexibility index (Phi) is 5.47. The van der Waals surface area contributed by atoms with Crippen molar-refractivity contribution in [2.24, 2.45) is 0 Å². The number of imide groups is 1. The molecule has 1 heterocycles. The summed E-state index contributed by atoms with van der Waals surface area (Å²) in [6.07, 6.45) is 0.876. The molecule has 0 spiro atoms. The highest BCUT2D eigenvalue weighted by Gasteiger charge is 2.28. The summed E-state index contributed by atoms with van der Waals surface area (Å²) < 4.78 is 4.77. The van der Waals surface area contributed by atoms with Crippen molar-refractivity contribution in [3.63, 3.8) is 0 Å². The molecule has 1 aromatic carbocycles. The molecular weight excluding hydrogens is 274 g/mol. The molecule has 1 aromatic rings. The Hall–Kier alpha value is -1.49. The fourth-order valence-corrected chi connectivity index (χ4v) is 3.07. The summed E-state index contributed by atoms with van der Waals surface area (Å²) in [4.78, 5) is 24.4. The quantitative estimate of drug-likeness (QED) is 0.809. The van der Waals surface area contributed by atoms with Gasteiger partial charge < -0.3 is 4.74 Å². The summed E-state index contributed by atoms with van der Waals surface area (Å²) in [5, 5.41) is 0.208. The summed E-state index contributed by atoms with van der Waals surface area (Å²) in [6.45, 7) is 2.73. The first-order valence-electron chi connectivity index (χ1n) is 6.79. The largest absolute Gasteiger partial charge is 0.447 e. The highest BCUT2D eigenvalue weighted by Crippen LogP contribution is 2.18. The van der Waals surface area contributed by atoms with Crippen LogP contribution in [0.2, 0.25) is 0 Å². The molecule has 0 radical (unpaired) electrons. The maximum atomic E-state index is 11.9. The third kappa shape index (κ3) is 4.27. The van der Waals surface area contributed by atoms with Crippen LogP contribution < -0.4 is 0 Å². The van der Waals surface area contributed by atoms with Gasteiger partial charge in [-0.15, -0.1) is 0 Å². The van der Waals surface area contributed by atoms with Gasteiger partial charge in [0.2, 0.25) is 5.91 Å². The molecule has 1 aliphatic heterocycles. The average molecular weight is 293 g/mol. The van der Waals surface area contributed by atoms with Gasteiger partial charge in [-0.2, -0.15) is 11.8 Å². The SMILES string of the molecule is C[C@H](CC(=O)N1CCOC1=O)SCCc1ccccc1. The number of carbonyl (C=O) groups is 2. The number of ether oxygens (including phenoxy) is 1. The zero-order chi connectivity index (χ0) is 14.4. The van der Waals surface area contributed by atoms with Crippen molar-refractivity contribution in [3.05, 3.63) is 35.9 Å². The summed E-state index contributed by atoms with van der Waals surface area (Å²) >= 11 is 1.76. The lowest BCUT2D eigenvalue weighted by Gasteiger charge is -2.14. The molecule has 108 valence electrons. The summed E-state index contributed by atoms with van der Waals surface area (Å²) in [6, 6.07) is 10.3. The van der Waals surface area contributed by atoms with Crippen LogP contribution in [-0.2, 0) is 16.0 Å². The van der Waals surface area contributed by atoms with Crippen molar-refractivity contribution < 1.29 is 14.3 Å². The minimum absolute atomic E-state index is 0.132. The summed E-state index contributed by atoms with van der Waals surface area (Å²) in [5.41, 5.74) is 1.31. The third-order valence-electron chi connectivity index (χ3n) is 3.16. The molecule has 0 N–H and O–H groups in total.